The van der Waals surface area contributed by atoms with Crippen LogP contribution in [-0.4, -0.2) is 57.8 Å². The normalized spacial score (nSPS) is 14.4. The summed E-state index contributed by atoms with van der Waals surface area (Å²) in [6.07, 6.45) is 3.31. The van der Waals surface area contributed by atoms with E-state index in [0.29, 0.717) is 23.7 Å². The number of aromatic nitrogens is 4. The monoisotopic (exact) mass is 513 g/mol. The van der Waals surface area contributed by atoms with Gasteiger partial charge in [-0.3, -0.25) is 9.36 Å². The van der Waals surface area contributed by atoms with Crippen LogP contribution in [0.4, 0.5) is 17.3 Å². The van der Waals surface area contributed by atoms with Gasteiger partial charge >= 0.3 is 0 Å². The SMILES string of the molecule is CCn1c(=O)c(-c2ccc(-c3ccon3)s2)cc2cnc(Nc3ccc(N4CCN(C)CC4)cc3)nc21. The quantitative estimate of drug-likeness (QED) is 0.350. The zero-order valence-electron chi connectivity index (χ0n) is 20.7. The van der Waals surface area contributed by atoms with Gasteiger partial charge < -0.3 is 19.6 Å². The summed E-state index contributed by atoms with van der Waals surface area (Å²) in [5.74, 6) is 0.457. The smallest absolute Gasteiger partial charge is 0.260 e. The van der Waals surface area contributed by atoms with Crippen molar-refractivity contribution in [3.05, 3.63) is 71.3 Å². The number of anilines is 3. The van der Waals surface area contributed by atoms with Crippen LogP contribution in [0.3, 0.4) is 0 Å². The molecule has 4 aromatic heterocycles. The predicted octanol–water partition coefficient (Wildman–Crippen LogP) is 4.69. The van der Waals surface area contributed by atoms with Crippen LogP contribution >= 0.6 is 11.3 Å². The van der Waals surface area contributed by atoms with Crippen molar-refractivity contribution >= 4 is 39.7 Å². The van der Waals surface area contributed by atoms with Gasteiger partial charge in [0.1, 0.15) is 17.6 Å². The van der Waals surface area contributed by atoms with Gasteiger partial charge in [-0.2, -0.15) is 4.98 Å². The third-order valence-corrected chi connectivity index (χ3v) is 7.84. The first kappa shape index (κ1) is 23.4. The first-order chi connectivity index (χ1) is 18.1. The molecule has 0 amide bonds. The first-order valence-corrected chi connectivity index (χ1v) is 13.1. The number of fused-ring (bicyclic) bond motifs is 1. The van der Waals surface area contributed by atoms with Crippen molar-refractivity contribution in [2.75, 3.05) is 43.4 Å². The molecule has 5 aromatic rings. The molecule has 5 heterocycles. The highest BCUT2D eigenvalue weighted by molar-refractivity contribution is 7.18. The van der Waals surface area contributed by atoms with Crippen LogP contribution in [0, 0.1) is 0 Å². The molecule has 0 saturated carbocycles. The lowest BCUT2D eigenvalue weighted by atomic mass is 10.2. The summed E-state index contributed by atoms with van der Waals surface area (Å²) < 4.78 is 6.66. The Bertz CT molecular complexity index is 1580. The van der Waals surface area contributed by atoms with Gasteiger partial charge in [0.05, 0.1) is 10.4 Å². The second-order valence-corrected chi connectivity index (χ2v) is 10.2. The van der Waals surface area contributed by atoms with Crippen LogP contribution < -0.4 is 15.8 Å². The number of nitrogens with zero attached hydrogens (tertiary/aromatic N) is 6. The van der Waals surface area contributed by atoms with E-state index in [1.807, 2.05) is 43.3 Å². The van der Waals surface area contributed by atoms with Crippen molar-refractivity contribution in [2.24, 2.45) is 0 Å². The van der Waals surface area contributed by atoms with E-state index in [1.165, 1.54) is 17.0 Å². The number of piperazine rings is 1. The summed E-state index contributed by atoms with van der Waals surface area (Å²) in [6.45, 7) is 6.65. The molecule has 0 radical (unpaired) electrons. The number of hydrogen-bond acceptors (Lipinski definition) is 9. The molecule has 9 nitrogen and oxygen atoms in total. The van der Waals surface area contributed by atoms with E-state index in [4.69, 9.17) is 9.51 Å². The average molecular weight is 514 g/mol. The molecule has 188 valence electrons. The summed E-state index contributed by atoms with van der Waals surface area (Å²) in [7, 11) is 2.16. The molecule has 10 heteroatoms. The van der Waals surface area contributed by atoms with Crippen molar-refractivity contribution in [2.45, 2.75) is 13.5 Å². The fourth-order valence-electron chi connectivity index (χ4n) is 4.60. The average Bonchev–Trinajstić information content (AvgIpc) is 3.62. The molecule has 0 spiro atoms. The lowest BCUT2D eigenvalue weighted by Crippen LogP contribution is -2.44. The molecule has 0 bridgehead atoms. The highest BCUT2D eigenvalue weighted by atomic mass is 32.1. The minimum absolute atomic E-state index is 0.0790. The van der Waals surface area contributed by atoms with Gasteiger partial charge in [0.2, 0.25) is 5.95 Å². The number of benzene rings is 1. The molecule has 37 heavy (non-hydrogen) atoms. The van der Waals surface area contributed by atoms with Gasteiger partial charge in [-0.15, -0.1) is 11.3 Å². The summed E-state index contributed by atoms with van der Waals surface area (Å²) in [5, 5.41) is 8.10. The van der Waals surface area contributed by atoms with Crippen LogP contribution in [-0.2, 0) is 6.54 Å². The van der Waals surface area contributed by atoms with Gasteiger partial charge in [-0.25, -0.2) is 4.98 Å². The third kappa shape index (κ3) is 4.61. The van der Waals surface area contributed by atoms with Gasteiger partial charge in [0, 0.05) is 66.6 Å². The Kier molecular flexibility index (Phi) is 6.19. The highest BCUT2D eigenvalue weighted by Crippen LogP contribution is 2.33. The van der Waals surface area contributed by atoms with Crippen LogP contribution in [0.25, 0.3) is 32.0 Å². The van der Waals surface area contributed by atoms with Crippen molar-refractivity contribution in [1.82, 2.24) is 24.6 Å². The van der Waals surface area contributed by atoms with Crippen LogP contribution in [0.15, 0.2) is 70.3 Å². The lowest BCUT2D eigenvalue weighted by molar-refractivity contribution is 0.313. The Morgan fingerprint density at radius 1 is 1.03 bits per heavy atom. The lowest BCUT2D eigenvalue weighted by Gasteiger charge is -2.34. The van der Waals surface area contributed by atoms with Gasteiger partial charge in [0.15, 0.2) is 0 Å². The molecule has 1 fully saturated rings. The fraction of sp³-hybridized carbons (Fsp3) is 0.259. The van der Waals surface area contributed by atoms with Crippen molar-refractivity contribution in [1.29, 1.82) is 0 Å². The fourth-order valence-corrected chi connectivity index (χ4v) is 5.57. The van der Waals surface area contributed by atoms with Gasteiger partial charge in [-0.05, 0) is 56.4 Å². The minimum Gasteiger partial charge on any atom is -0.369 e. The maximum absolute atomic E-state index is 13.4. The highest BCUT2D eigenvalue weighted by Gasteiger charge is 2.16. The number of pyridine rings is 1. The van der Waals surface area contributed by atoms with E-state index in [9.17, 15) is 4.79 Å². The molecule has 1 N–H and O–H groups in total. The number of likely N-dealkylation sites (N-methyl/N-ethyl adjacent to an activating group) is 1. The number of aryl methyl sites for hydroxylation is 1. The molecule has 1 saturated heterocycles. The van der Waals surface area contributed by atoms with E-state index in [-0.39, 0.29) is 5.56 Å². The van der Waals surface area contributed by atoms with Gasteiger partial charge in [0.25, 0.3) is 5.56 Å². The second kappa shape index (κ2) is 9.79. The predicted molar refractivity (Wildman–Crippen MR) is 148 cm³/mol. The molecular formula is C27H27N7O2S. The molecule has 1 aliphatic heterocycles. The topological polar surface area (TPSA) is 92.3 Å². The molecule has 1 aromatic carbocycles. The van der Waals surface area contributed by atoms with Crippen LogP contribution in [0.1, 0.15) is 6.92 Å². The summed E-state index contributed by atoms with van der Waals surface area (Å²) in [4.78, 5) is 29.2. The van der Waals surface area contributed by atoms with Gasteiger partial charge in [-0.1, -0.05) is 5.16 Å². The molecule has 1 aliphatic rings. The third-order valence-electron chi connectivity index (χ3n) is 6.70. The summed E-state index contributed by atoms with van der Waals surface area (Å²) in [5.41, 5.74) is 4.02. The number of thiophene rings is 1. The Hall–Kier alpha value is -4.02. The molecular weight excluding hydrogens is 486 g/mol. The van der Waals surface area contributed by atoms with E-state index < -0.39 is 0 Å². The Labute approximate surface area is 218 Å². The van der Waals surface area contributed by atoms with Crippen molar-refractivity contribution < 1.29 is 4.52 Å². The zero-order valence-corrected chi connectivity index (χ0v) is 21.5. The molecule has 0 aliphatic carbocycles. The van der Waals surface area contributed by atoms with E-state index >= 15 is 0 Å². The molecule has 0 unspecified atom stereocenters. The Morgan fingerprint density at radius 3 is 2.54 bits per heavy atom. The summed E-state index contributed by atoms with van der Waals surface area (Å²) in [6, 6.07) is 15.9. The summed E-state index contributed by atoms with van der Waals surface area (Å²) >= 11 is 1.51. The van der Waals surface area contributed by atoms with Crippen molar-refractivity contribution in [3.63, 3.8) is 0 Å². The number of rotatable bonds is 6. The minimum atomic E-state index is -0.0790. The Morgan fingerprint density at radius 2 is 1.81 bits per heavy atom. The molecule has 0 atom stereocenters. The number of nitrogens with one attached hydrogen (secondary N) is 1. The van der Waals surface area contributed by atoms with E-state index in [1.54, 1.807) is 17.0 Å². The molecule has 6 rings (SSSR count). The van der Waals surface area contributed by atoms with Crippen LogP contribution in [0.2, 0.25) is 0 Å². The maximum Gasteiger partial charge on any atom is 0.260 e. The first-order valence-electron chi connectivity index (χ1n) is 12.3. The van der Waals surface area contributed by atoms with Crippen LogP contribution in [0.5, 0.6) is 0 Å². The van der Waals surface area contributed by atoms with E-state index in [0.717, 1.165) is 52.7 Å². The largest absolute Gasteiger partial charge is 0.369 e. The standard InChI is InChI=1S/C27H27N7O2S/c1-3-34-25-18(16-21(26(34)35)23-8-9-24(37-23)22-10-15-36-31-22)17-28-27(30-25)29-19-4-6-20(7-5-19)33-13-11-32(2)12-14-33/h4-10,15-17H,3,11-14H2,1-2H3,(H,28,29,30). The number of hydrogen-bond donors (Lipinski definition) is 1. The van der Waals surface area contributed by atoms with E-state index in [2.05, 4.69) is 44.4 Å². The zero-order chi connectivity index (χ0) is 25.4. The maximum atomic E-state index is 13.4. The Balaban J connectivity index is 1.27. The second-order valence-electron chi connectivity index (χ2n) is 9.09. The van der Waals surface area contributed by atoms with Crippen molar-refractivity contribution in [3.8, 4) is 21.0 Å².